The van der Waals surface area contributed by atoms with E-state index in [0.29, 0.717) is 0 Å². The van der Waals surface area contributed by atoms with Crippen molar-refractivity contribution in [3.8, 4) is 0 Å². The highest BCUT2D eigenvalue weighted by molar-refractivity contribution is 5.92. The van der Waals surface area contributed by atoms with Crippen molar-refractivity contribution >= 4 is 11.6 Å². The minimum absolute atomic E-state index is 0.00714. The summed E-state index contributed by atoms with van der Waals surface area (Å²) in [7, 11) is 1.66. The Hall–Kier alpha value is -1.39. The summed E-state index contributed by atoms with van der Waals surface area (Å²) in [4.78, 5) is 11.9. The molecular weight excluding hydrogens is 228 g/mol. The average molecular weight is 250 g/mol. The molecule has 0 aliphatic carbocycles. The van der Waals surface area contributed by atoms with E-state index in [1.807, 2.05) is 45.0 Å². The van der Waals surface area contributed by atoms with Gasteiger partial charge in [-0.05, 0) is 31.5 Å². The number of hydrogen-bond donors (Lipinski definition) is 2. The Morgan fingerprint density at radius 2 is 2.00 bits per heavy atom. The molecule has 0 heterocycles. The average Bonchev–Trinajstić information content (AvgIpc) is 2.36. The number of anilines is 1. The molecule has 0 radical (unpaired) electrons. The summed E-state index contributed by atoms with van der Waals surface area (Å²) < 4.78 is 5.25. The van der Waals surface area contributed by atoms with Gasteiger partial charge in [0, 0.05) is 18.8 Å². The Kier molecular flexibility index (Phi) is 5.31. The fourth-order valence-electron chi connectivity index (χ4n) is 1.50. The van der Waals surface area contributed by atoms with E-state index < -0.39 is 0 Å². The van der Waals surface area contributed by atoms with Gasteiger partial charge in [-0.1, -0.05) is 19.1 Å². The topological polar surface area (TPSA) is 64.3 Å². The molecule has 100 valence electrons. The van der Waals surface area contributed by atoms with E-state index in [4.69, 9.17) is 10.5 Å². The molecule has 3 N–H and O–H groups in total. The molecule has 4 heteroatoms. The SMILES string of the molecule is COC(C)c1cccc(NC(=O)C(C)C(C)N)c1. The lowest BCUT2D eigenvalue weighted by molar-refractivity contribution is -0.119. The monoisotopic (exact) mass is 250 g/mol. The maximum Gasteiger partial charge on any atom is 0.228 e. The normalized spacial score (nSPS) is 15.8. The number of benzene rings is 1. The third kappa shape index (κ3) is 3.82. The predicted molar refractivity (Wildman–Crippen MR) is 73.3 cm³/mol. The van der Waals surface area contributed by atoms with Crippen LogP contribution >= 0.6 is 0 Å². The molecule has 3 unspecified atom stereocenters. The fourth-order valence-corrected chi connectivity index (χ4v) is 1.50. The standard InChI is InChI=1S/C14H22N2O2/c1-9(10(2)15)14(17)16-13-7-5-6-12(8-13)11(3)18-4/h5-11H,15H2,1-4H3,(H,16,17). The molecule has 4 nitrogen and oxygen atoms in total. The van der Waals surface area contributed by atoms with Crippen LogP contribution in [0.15, 0.2) is 24.3 Å². The van der Waals surface area contributed by atoms with Crippen molar-refractivity contribution in [2.75, 3.05) is 12.4 Å². The summed E-state index contributed by atoms with van der Waals surface area (Å²) >= 11 is 0. The lowest BCUT2D eigenvalue weighted by atomic mass is 10.0. The van der Waals surface area contributed by atoms with Crippen LogP contribution < -0.4 is 11.1 Å². The van der Waals surface area contributed by atoms with Crippen LogP contribution in [-0.2, 0) is 9.53 Å². The second-order valence-corrected chi connectivity index (χ2v) is 4.64. The van der Waals surface area contributed by atoms with E-state index >= 15 is 0 Å². The van der Waals surface area contributed by atoms with Crippen LogP contribution in [0.5, 0.6) is 0 Å². The molecule has 0 aliphatic rings. The molecule has 0 spiro atoms. The van der Waals surface area contributed by atoms with Gasteiger partial charge in [-0.15, -0.1) is 0 Å². The molecule has 1 amide bonds. The first-order chi connectivity index (χ1) is 8.45. The van der Waals surface area contributed by atoms with Crippen LogP contribution in [0.25, 0.3) is 0 Å². The fraction of sp³-hybridized carbons (Fsp3) is 0.500. The molecule has 0 aliphatic heterocycles. The molecular formula is C14H22N2O2. The number of carbonyl (C=O) groups excluding carboxylic acids is 1. The second kappa shape index (κ2) is 6.52. The lowest BCUT2D eigenvalue weighted by Gasteiger charge is -2.16. The number of amides is 1. The quantitative estimate of drug-likeness (QED) is 0.843. The summed E-state index contributed by atoms with van der Waals surface area (Å²) in [6.07, 6.45) is 0.00714. The van der Waals surface area contributed by atoms with Gasteiger partial charge in [0.05, 0.1) is 12.0 Å². The molecule has 1 aromatic rings. The second-order valence-electron chi connectivity index (χ2n) is 4.64. The van der Waals surface area contributed by atoms with Crippen molar-refractivity contribution in [3.63, 3.8) is 0 Å². The Bertz CT molecular complexity index is 405. The zero-order valence-electron chi connectivity index (χ0n) is 11.4. The first-order valence-electron chi connectivity index (χ1n) is 6.15. The van der Waals surface area contributed by atoms with Crippen LogP contribution in [0.1, 0.15) is 32.4 Å². The largest absolute Gasteiger partial charge is 0.377 e. The van der Waals surface area contributed by atoms with Gasteiger partial charge in [-0.3, -0.25) is 4.79 Å². The summed E-state index contributed by atoms with van der Waals surface area (Å²) in [5.41, 5.74) is 7.51. The number of rotatable bonds is 5. The Labute approximate surface area is 109 Å². The van der Waals surface area contributed by atoms with Crippen molar-refractivity contribution in [1.29, 1.82) is 0 Å². The van der Waals surface area contributed by atoms with Crippen LogP contribution in [0, 0.1) is 5.92 Å². The van der Waals surface area contributed by atoms with Crippen molar-refractivity contribution in [1.82, 2.24) is 0 Å². The molecule has 0 saturated heterocycles. The van der Waals surface area contributed by atoms with E-state index in [2.05, 4.69) is 5.32 Å². The number of nitrogens with two attached hydrogens (primary N) is 1. The molecule has 0 aromatic heterocycles. The summed E-state index contributed by atoms with van der Waals surface area (Å²) in [5, 5.41) is 2.87. The lowest BCUT2D eigenvalue weighted by Crippen LogP contribution is -2.34. The zero-order chi connectivity index (χ0) is 13.7. The highest BCUT2D eigenvalue weighted by atomic mass is 16.5. The highest BCUT2D eigenvalue weighted by Gasteiger charge is 2.17. The summed E-state index contributed by atoms with van der Waals surface area (Å²) in [6.45, 7) is 5.61. The van der Waals surface area contributed by atoms with Crippen molar-refractivity contribution in [3.05, 3.63) is 29.8 Å². The first-order valence-corrected chi connectivity index (χ1v) is 6.15. The van der Waals surface area contributed by atoms with Gasteiger partial charge in [0.1, 0.15) is 0 Å². The van der Waals surface area contributed by atoms with E-state index in [0.717, 1.165) is 11.3 Å². The summed E-state index contributed by atoms with van der Waals surface area (Å²) in [5.74, 6) is -0.277. The number of hydrogen-bond acceptors (Lipinski definition) is 3. The van der Waals surface area contributed by atoms with E-state index in [1.165, 1.54) is 0 Å². The molecule has 0 fully saturated rings. The number of carbonyl (C=O) groups is 1. The van der Waals surface area contributed by atoms with Gasteiger partial charge < -0.3 is 15.8 Å². The van der Waals surface area contributed by atoms with E-state index in [-0.39, 0.29) is 24.0 Å². The maximum atomic E-state index is 11.9. The van der Waals surface area contributed by atoms with Crippen molar-refractivity contribution in [2.24, 2.45) is 11.7 Å². The minimum atomic E-state index is -0.214. The first kappa shape index (κ1) is 14.7. The summed E-state index contributed by atoms with van der Waals surface area (Å²) in [6, 6.07) is 7.49. The number of methoxy groups -OCH3 is 1. The van der Waals surface area contributed by atoms with E-state index in [9.17, 15) is 4.79 Å². The zero-order valence-corrected chi connectivity index (χ0v) is 11.4. The molecule has 1 aromatic carbocycles. The third-order valence-corrected chi connectivity index (χ3v) is 3.18. The Morgan fingerprint density at radius 1 is 1.33 bits per heavy atom. The molecule has 18 heavy (non-hydrogen) atoms. The van der Waals surface area contributed by atoms with Gasteiger partial charge in [0.2, 0.25) is 5.91 Å². The number of nitrogens with one attached hydrogen (secondary N) is 1. The van der Waals surface area contributed by atoms with E-state index in [1.54, 1.807) is 7.11 Å². The molecule has 3 atom stereocenters. The predicted octanol–water partition coefficient (Wildman–Crippen LogP) is 2.32. The Balaban J connectivity index is 2.76. The maximum absolute atomic E-state index is 11.9. The van der Waals surface area contributed by atoms with Gasteiger partial charge in [-0.25, -0.2) is 0 Å². The molecule has 0 saturated carbocycles. The highest BCUT2D eigenvalue weighted by Crippen LogP contribution is 2.20. The van der Waals surface area contributed by atoms with Crippen LogP contribution in [0.4, 0.5) is 5.69 Å². The van der Waals surface area contributed by atoms with Crippen LogP contribution in [-0.4, -0.2) is 19.1 Å². The molecule has 1 rings (SSSR count). The van der Waals surface area contributed by atoms with Gasteiger partial charge in [0.15, 0.2) is 0 Å². The smallest absolute Gasteiger partial charge is 0.228 e. The van der Waals surface area contributed by atoms with Crippen molar-refractivity contribution in [2.45, 2.75) is 32.9 Å². The minimum Gasteiger partial charge on any atom is -0.377 e. The Morgan fingerprint density at radius 3 is 2.56 bits per heavy atom. The molecule has 0 bridgehead atoms. The third-order valence-electron chi connectivity index (χ3n) is 3.18. The van der Waals surface area contributed by atoms with Gasteiger partial charge in [0.25, 0.3) is 0 Å². The number of ether oxygens (including phenoxy) is 1. The van der Waals surface area contributed by atoms with Gasteiger partial charge in [-0.2, -0.15) is 0 Å². The van der Waals surface area contributed by atoms with Crippen molar-refractivity contribution < 1.29 is 9.53 Å². The van der Waals surface area contributed by atoms with Crippen LogP contribution in [0.2, 0.25) is 0 Å². The van der Waals surface area contributed by atoms with Gasteiger partial charge >= 0.3 is 0 Å². The van der Waals surface area contributed by atoms with Crippen LogP contribution in [0.3, 0.4) is 0 Å².